The Morgan fingerprint density at radius 1 is 1.14 bits per heavy atom. The summed E-state index contributed by atoms with van der Waals surface area (Å²) in [5.41, 5.74) is 4.77. The van der Waals surface area contributed by atoms with Crippen molar-refractivity contribution in [3.05, 3.63) is 69.7 Å². The van der Waals surface area contributed by atoms with Gasteiger partial charge in [-0.2, -0.15) is 0 Å². The highest BCUT2D eigenvalue weighted by atomic mass is 16.5. The minimum atomic E-state index is -2.68. The van der Waals surface area contributed by atoms with Crippen LogP contribution in [0.3, 0.4) is 0 Å². The van der Waals surface area contributed by atoms with Crippen molar-refractivity contribution in [1.29, 1.82) is 0 Å². The predicted molar refractivity (Wildman–Crippen MR) is 159 cm³/mol. The number of allylic oxidation sites excluding steroid dienone is 1. The molecule has 0 aromatic heterocycles. The van der Waals surface area contributed by atoms with E-state index >= 15 is 0 Å². The van der Waals surface area contributed by atoms with Crippen LogP contribution in [-0.4, -0.2) is 75.6 Å². The van der Waals surface area contributed by atoms with Gasteiger partial charge in [-0.1, -0.05) is 32.4 Å². The molecular formula is C33H38N2O8. The average molecular weight is 591 g/mol. The molecule has 5 rings (SSSR count). The van der Waals surface area contributed by atoms with E-state index in [0.29, 0.717) is 16.9 Å². The Balaban J connectivity index is 1.71. The normalized spacial score (nSPS) is 25.8. The fourth-order valence-corrected chi connectivity index (χ4v) is 7.35. The first kappa shape index (κ1) is 30.3. The summed E-state index contributed by atoms with van der Waals surface area (Å²) in [7, 11) is 4.76. The number of methoxy groups -OCH3 is 1. The van der Waals surface area contributed by atoms with Gasteiger partial charge in [0.15, 0.2) is 11.4 Å². The van der Waals surface area contributed by atoms with Crippen molar-refractivity contribution in [3.63, 3.8) is 0 Å². The highest BCUT2D eigenvalue weighted by Gasteiger charge is 2.63. The van der Waals surface area contributed by atoms with E-state index in [1.165, 1.54) is 11.0 Å². The molecule has 2 aromatic rings. The molecule has 5 atom stereocenters. The number of benzene rings is 2. The van der Waals surface area contributed by atoms with Crippen LogP contribution in [0.2, 0.25) is 0 Å². The lowest BCUT2D eigenvalue weighted by Crippen LogP contribution is -2.63. The molecule has 1 unspecified atom stereocenters. The molecule has 0 radical (unpaired) electrons. The maximum absolute atomic E-state index is 14.1. The molecule has 10 heteroatoms. The summed E-state index contributed by atoms with van der Waals surface area (Å²) in [6.45, 7) is 4.27. The predicted octanol–water partition coefficient (Wildman–Crippen LogP) is 3.70. The van der Waals surface area contributed by atoms with Gasteiger partial charge in [-0.05, 0) is 80.1 Å². The van der Waals surface area contributed by atoms with E-state index in [-0.39, 0.29) is 35.6 Å². The van der Waals surface area contributed by atoms with Gasteiger partial charge in [-0.3, -0.25) is 19.3 Å². The van der Waals surface area contributed by atoms with E-state index in [0.717, 1.165) is 24.0 Å². The van der Waals surface area contributed by atoms with E-state index in [1.807, 2.05) is 18.2 Å². The summed E-state index contributed by atoms with van der Waals surface area (Å²) in [5.74, 6) is -5.91. The quantitative estimate of drug-likeness (QED) is 0.302. The molecule has 0 saturated carbocycles. The van der Waals surface area contributed by atoms with E-state index in [9.17, 15) is 34.8 Å². The lowest BCUT2D eigenvalue weighted by molar-refractivity contribution is -0.148. The zero-order valence-electron chi connectivity index (χ0n) is 25.0. The number of ketones is 2. The van der Waals surface area contributed by atoms with Crippen LogP contribution in [-0.2, 0) is 16.0 Å². The fraction of sp³-hybridized carbons (Fsp3) is 0.424. The molecule has 43 heavy (non-hydrogen) atoms. The molecule has 0 spiro atoms. The molecular weight excluding hydrogens is 552 g/mol. The van der Waals surface area contributed by atoms with Crippen LogP contribution in [0.25, 0.3) is 11.1 Å². The van der Waals surface area contributed by atoms with Crippen LogP contribution in [0.1, 0.15) is 60.5 Å². The number of nitrogens with zero attached hydrogens (tertiary/aromatic N) is 1. The standard InChI is InChI=1S/C33H38N2O8/c1-6-7-15(2)16-8-11-23(43-5)19(12-16)18-9-10-22(36)25-20(18)13-17-14-21-27(35(3)4)29(38)26(32(34)41)31(40)33(21,42)30(39)24(17)28(25)37/h8-12,15,17,21,27,36,38-39,42H,6-7,13-14H2,1-5H3,(H2,34,41)/t15?,17-,21-,27-,33-/m0/s1. The number of nitrogens with two attached hydrogens (primary N) is 1. The number of fused-ring (bicyclic) bond motifs is 3. The van der Waals surface area contributed by atoms with Crippen LogP contribution in [0.5, 0.6) is 11.5 Å². The van der Waals surface area contributed by atoms with Crippen molar-refractivity contribution in [2.45, 2.75) is 57.1 Å². The number of primary amides is 1. The maximum Gasteiger partial charge on any atom is 0.255 e. The number of aliphatic hydroxyl groups excluding tert-OH is 2. The smallest absolute Gasteiger partial charge is 0.255 e. The van der Waals surface area contributed by atoms with Crippen molar-refractivity contribution < 1.29 is 39.5 Å². The van der Waals surface area contributed by atoms with Crippen molar-refractivity contribution >= 4 is 17.5 Å². The van der Waals surface area contributed by atoms with Crippen molar-refractivity contribution in [2.24, 2.45) is 17.6 Å². The van der Waals surface area contributed by atoms with E-state index in [2.05, 4.69) is 13.8 Å². The van der Waals surface area contributed by atoms with E-state index < -0.39 is 58.0 Å². The van der Waals surface area contributed by atoms with Gasteiger partial charge in [0.1, 0.15) is 28.6 Å². The summed E-state index contributed by atoms with van der Waals surface area (Å²) >= 11 is 0. The van der Waals surface area contributed by atoms with Gasteiger partial charge in [0, 0.05) is 17.1 Å². The minimum Gasteiger partial charge on any atom is -0.510 e. The summed E-state index contributed by atoms with van der Waals surface area (Å²) < 4.78 is 5.70. The van der Waals surface area contributed by atoms with Gasteiger partial charge in [0.05, 0.1) is 18.7 Å². The summed E-state index contributed by atoms with van der Waals surface area (Å²) in [6.07, 6.45) is 2.21. The highest BCUT2D eigenvalue weighted by Crippen LogP contribution is 2.53. The Hall–Kier alpha value is -4.15. The molecule has 228 valence electrons. The van der Waals surface area contributed by atoms with Crippen LogP contribution in [0, 0.1) is 11.8 Å². The molecule has 3 aliphatic rings. The Bertz CT molecular complexity index is 1610. The first-order chi connectivity index (χ1) is 20.3. The molecule has 2 aromatic carbocycles. The number of amides is 1. The molecule has 0 heterocycles. The molecule has 10 nitrogen and oxygen atoms in total. The number of hydrogen-bond donors (Lipinski definition) is 5. The third-order valence-corrected chi connectivity index (χ3v) is 9.41. The topological polar surface area (TPSA) is 171 Å². The molecule has 0 bridgehead atoms. The van der Waals surface area contributed by atoms with E-state index in [1.54, 1.807) is 27.3 Å². The number of Topliss-reactive ketones (excluding diaryl/α,β-unsaturated/α-hetero) is 2. The number of ether oxygens (including phenoxy) is 1. The van der Waals surface area contributed by atoms with Crippen LogP contribution in [0.15, 0.2) is 53.0 Å². The highest BCUT2D eigenvalue weighted by molar-refractivity contribution is 6.25. The van der Waals surface area contributed by atoms with Crippen molar-refractivity contribution in [3.8, 4) is 22.6 Å². The Labute approximate surface area is 250 Å². The molecule has 0 saturated heterocycles. The summed E-state index contributed by atoms with van der Waals surface area (Å²) in [5, 5.41) is 45.3. The average Bonchev–Trinajstić information content (AvgIpc) is 2.94. The number of hydrogen-bond acceptors (Lipinski definition) is 9. The Morgan fingerprint density at radius 3 is 2.44 bits per heavy atom. The molecule has 1 amide bonds. The maximum atomic E-state index is 14.1. The number of carbonyl (C=O) groups excluding carboxylic acids is 3. The Kier molecular flexibility index (Phi) is 7.64. The number of rotatable bonds is 7. The number of carbonyl (C=O) groups is 3. The number of phenolic OH excluding ortho intramolecular Hbond substituents is 1. The third kappa shape index (κ3) is 4.42. The van der Waals surface area contributed by atoms with Crippen LogP contribution >= 0.6 is 0 Å². The van der Waals surface area contributed by atoms with Gasteiger partial charge in [0.25, 0.3) is 5.91 Å². The first-order valence-electron chi connectivity index (χ1n) is 14.5. The fourth-order valence-electron chi connectivity index (χ4n) is 7.35. The lowest BCUT2D eigenvalue weighted by atomic mass is 9.58. The number of likely N-dealkylation sites (N-methyl/N-ethyl adjacent to an activating group) is 1. The molecule has 0 aliphatic heterocycles. The molecule has 6 N–H and O–H groups in total. The summed E-state index contributed by atoms with van der Waals surface area (Å²) in [4.78, 5) is 41.3. The molecule has 3 aliphatic carbocycles. The lowest BCUT2D eigenvalue weighted by Gasteiger charge is -2.50. The first-order valence-corrected chi connectivity index (χ1v) is 14.5. The SMILES string of the molecule is CCCC(C)c1ccc(OC)c(-c2ccc(O)c3c2C[C@H]2C[C@H]4[C@H](N(C)C)C(O)=C(C(N)=O)C(=O)[C@@]4(O)C(O)=C2C3=O)c1. The third-order valence-electron chi connectivity index (χ3n) is 9.41. The van der Waals surface area contributed by atoms with Crippen molar-refractivity contribution in [1.82, 2.24) is 4.90 Å². The van der Waals surface area contributed by atoms with Crippen LogP contribution in [0.4, 0.5) is 0 Å². The monoisotopic (exact) mass is 590 g/mol. The van der Waals surface area contributed by atoms with Gasteiger partial charge in [-0.15, -0.1) is 0 Å². The van der Waals surface area contributed by atoms with Gasteiger partial charge in [0.2, 0.25) is 5.78 Å². The van der Waals surface area contributed by atoms with Crippen molar-refractivity contribution in [2.75, 3.05) is 21.2 Å². The van der Waals surface area contributed by atoms with Gasteiger partial charge in [-0.25, -0.2) is 0 Å². The molecule has 0 fully saturated rings. The number of aliphatic hydroxyl groups is 3. The number of aromatic hydroxyl groups is 1. The van der Waals surface area contributed by atoms with Crippen LogP contribution < -0.4 is 10.5 Å². The zero-order valence-corrected chi connectivity index (χ0v) is 25.0. The number of phenols is 1. The minimum absolute atomic E-state index is 0.0194. The van der Waals surface area contributed by atoms with E-state index in [4.69, 9.17) is 10.5 Å². The Morgan fingerprint density at radius 2 is 1.84 bits per heavy atom. The zero-order chi connectivity index (χ0) is 31.5. The second-order valence-corrected chi connectivity index (χ2v) is 12.1. The second-order valence-electron chi connectivity index (χ2n) is 12.1. The largest absolute Gasteiger partial charge is 0.510 e. The summed E-state index contributed by atoms with van der Waals surface area (Å²) in [6, 6.07) is 8.04. The second kappa shape index (κ2) is 10.8. The van der Waals surface area contributed by atoms with Gasteiger partial charge >= 0.3 is 0 Å². The van der Waals surface area contributed by atoms with Gasteiger partial charge < -0.3 is 30.9 Å².